The zero-order chi connectivity index (χ0) is 12.9. The highest BCUT2D eigenvalue weighted by molar-refractivity contribution is 4.91. The van der Waals surface area contributed by atoms with Crippen molar-refractivity contribution in [3.8, 4) is 6.07 Å². The average Bonchev–Trinajstić information content (AvgIpc) is 2.50. The molecule has 0 saturated carbocycles. The number of likely N-dealkylation sites (N-methyl/N-ethyl adjacent to an activating group) is 1. The van der Waals surface area contributed by atoms with E-state index >= 15 is 0 Å². The Balaban J connectivity index is 2.46. The van der Waals surface area contributed by atoms with Crippen LogP contribution in [0.2, 0.25) is 0 Å². The van der Waals surface area contributed by atoms with Gasteiger partial charge in [0, 0.05) is 6.54 Å². The van der Waals surface area contributed by atoms with Crippen LogP contribution in [0.5, 0.6) is 0 Å². The van der Waals surface area contributed by atoms with E-state index < -0.39 is 0 Å². The second kappa shape index (κ2) is 6.37. The number of rotatable bonds is 3. The summed E-state index contributed by atoms with van der Waals surface area (Å²) in [6.45, 7) is 10.2. The van der Waals surface area contributed by atoms with Crippen LogP contribution in [0, 0.1) is 22.7 Å². The lowest BCUT2D eigenvalue weighted by molar-refractivity contribution is 0.206. The summed E-state index contributed by atoms with van der Waals surface area (Å²) >= 11 is 0. The predicted molar refractivity (Wildman–Crippen MR) is 71.7 cm³/mol. The van der Waals surface area contributed by atoms with Gasteiger partial charge in [-0.3, -0.25) is 0 Å². The van der Waals surface area contributed by atoms with Crippen molar-refractivity contribution < 1.29 is 0 Å². The van der Waals surface area contributed by atoms with Gasteiger partial charge in [0.25, 0.3) is 0 Å². The van der Waals surface area contributed by atoms with Gasteiger partial charge in [-0.1, -0.05) is 20.8 Å². The lowest BCUT2D eigenvalue weighted by Gasteiger charge is -2.30. The summed E-state index contributed by atoms with van der Waals surface area (Å²) in [5, 5.41) is 12.0. The monoisotopic (exact) mass is 237 g/mol. The van der Waals surface area contributed by atoms with Crippen molar-refractivity contribution in [1.82, 2.24) is 10.2 Å². The quantitative estimate of drug-likeness (QED) is 0.818. The van der Waals surface area contributed by atoms with Crippen LogP contribution >= 0.6 is 0 Å². The highest BCUT2D eigenvalue weighted by Crippen LogP contribution is 2.34. The Bertz CT molecular complexity index is 262. The van der Waals surface area contributed by atoms with Crippen molar-refractivity contribution in [2.75, 3.05) is 26.7 Å². The third kappa shape index (κ3) is 4.65. The number of hydrogen-bond acceptors (Lipinski definition) is 3. The molecule has 0 aliphatic carbocycles. The van der Waals surface area contributed by atoms with Gasteiger partial charge in [0.1, 0.15) is 6.04 Å². The summed E-state index contributed by atoms with van der Waals surface area (Å²) < 4.78 is 0. The van der Waals surface area contributed by atoms with Crippen LogP contribution < -0.4 is 5.32 Å². The smallest absolute Gasteiger partial charge is 0.108 e. The lowest BCUT2D eigenvalue weighted by Crippen LogP contribution is -2.39. The van der Waals surface area contributed by atoms with E-state index in [0.29, 0.717) is 5.41 Å². The summed E-state index contributed by atoms with van der Waals surface area (Å²) in [4.78, 5) is 2.44. The molecule has 3 nitrogen and oxygen atoms in total. The van der Waals surface area contributed by atoms with E-state index in [9.17, 15) is 0 Å². The molecule has 1 aliphatic rings. The van der Waals surface area contributed by atoms with E-state index in [1.165, 1.54) is 19.3 Å². The predicted octanol–water partition coefficient (Wildman–Crippen LogP) is 2.25. The molecule has 0 aromatic rings. The summed E-state index contributed by atoms with van der Waals surface area (Å²) in [7, 11) is 1.86. The summed E-state index contributed by atoms with van der Waals surface area (Å²) in [6.07, 6.45) is 3.87. The van der Waals surface area contributed by atoms with Gasteiger partial charge < -0.3 is 10.2 Å². The first-order valence-corrected chi connectivity index (χ1v) is 6.76. The molecule has 1 N–H and O–H groups in total. The zero-order valence-electron chi connectivity index (χ0n) is 11.8. The number of likely N-dealkylation sites (tertiary alicyclic amines) is 1. The van der Waals surface area contributed by atoms with E-state index in [4.69, 9.17) is 5.26 Å². The third-order valence-electron chi connectivity index (χ3n) is 3.99. The maximum absolute atomic E-state index is 8.97. The molecule has 1 heterocycles. The van der Waals surface area contributed by atoms with Crippen molar-refractivity contribution in [1.29, 1.82) is 5.26 Å². The summed E-state index contributed by atoms with van der Waals surface area (Å²) in [5.41, 5.74) is 0.424. The Morgan fingerprint density at radius 2 is 2.06 bits per heavy atom. The number of nitriles is 1. The van der Waals surface area contributed by atoms with Crippen LogP contribution in [0.4, 0.5) is 0 Å². The van der Waals surface area contributed by atoms with Gasteiger partial charge >= 0.3 is 0 Å². The van der Waals surface area contributed by atoms with Gasteiger partial charge in [-0.25, -0.2) is 0 Å². The molecular formula is C14H27N3. The minimum atomic E-state index is -0.0267. The van der Waals surface area contributed by atoms with Crippen LogP contribution in [0.15, 0.2) is 0 Å². The van der Waals surface area contributed by atoms with Gasteiger partial charge in [0.2, 0.25) is 0 Å². The Morgan fingerprint density at radius 3 is 2.59 bits per heavy atom. The van der Waals surface area contributed by atoms with E-state index in [0.717, 1.165) is 25.6 Å². The van der Waals surface area contributed by atoms with Crippen LogP contribution in [0.25, 0.3) is 0 Å². The van der Waals surface area contributed by atoms with Crippen molar-refractivity contribution in [2.24, 2.45) is 11.3 Å². The number of nitrogens with zero attached hydrogens (tertiary/aromatic N) is 2. The topological polar surface area (TPSA) is 39.1 Å². The average molecular weight is 237 g/mol. The Morgan fingerprint density at radius 1 is 1.35 bits per heavy atom. The molecule has 0 amide bonds. The molecule has 2 atom stereocenters. The van der Waals surface area contributed by atoms with Gasteiger partial charge in [-0.2, -0.15) is 5.26 Å². The Kier molecular flexibility index (Phi) is 5.42. The largest absolute Gasteiger partial charge is 0.304 e. The molecule has 2 unspecified atom stereocenters. The van der Waals surface area contributed by atoms with Crippen LogP contribution in [0.1, 0.15) is 40.0 Å². The van der Waals surface area contributed by atoms with Crippen molar-refractivity contribution >= 4 is 0 Å². The maximum Gasteiger partial charge on any atom is 0.108 e. The van der Waals surface area contributed by atoms with Crippen LogP contribution in [-0.4, -0.2) is 37.6 Å². The molecule has 1 saturated heterocycles. The fraction of sp³-hybridized carbons (Fsp3) is 0.929. The fourth-order valence-corrected chi connectivity index (χ4v) is 2.66. The van der Waals surface area contributed by atoms with Gasteiger partial charge in [0.05, 0.1) is 6.07 Å². The van der Waals surface area contributed by atoms with Gasteiger partial charge in [-0.15, -0.1) is 0 Å². The van der Waals surface area contributed by atoms with Crippen LogP contribution in [-0.2, 0) is 0 Å². The molecule has 1 aliphatic heterocycles. The van der Waals surface area contributed by atoms with Crippen LogP contribution in [0.3, 0.4) is 0 Å². The zero-order valence-corrected chi connectivity index (χ0v) is 11.8. The fourth-order valence-electron chi connectivity index (χ4n) is 2.66. The Hall–Kier alpha value is -0.590. The van der Waals surface area contributed by atoms with Gasteiger partial charge in [0.15, 0.2) is 0 Å². The molecule has 0 radical (unpaired) electrons. The first-order valence-electron chi connectivity index (χ1n) is 6.76. The second-order valence-corrected chi connectivity index (χ2v) is 6.26. The molecule has 1 rings (SSSR count). The maximum atomic E-state index is 8.97. The van der Waals surface area contributed by atoms with Gasteiger partial charge in [-0.05, 0) is 50.7 Å². The standard InChI is InChI=1S/C14H27N3/c1-14(2,3)12-6-5-8-17(9-7-12)11-13(10-15)16-4/h12-13,16H,5-9,11H2,1-4H3. The number of hydrogen-bond donors (Lipinski definition) is 1. The Labute approximate surface area is 106 Å². The number of nitrogens with one attached hydrogen (secondary N) is 1. The normalized spacial score (nSPS) is 25.0. The minimum absolute atomic E-state index is 0.0267. The van der Waals surface area contributed by atoms with Crippen molar-refractivity contribution in [3.05, 3.63) is 0 Å². The highest BCUT2D eigenvalue weighted by atomic mass is 15.1. The first kappa shape index (κ1) is 14.5. The molecule has 0 aromatic heterocycles. The third-order valence-corrected chi connectivity index (χ3v) is 3.99. The molecule has 1 fully saturated rings. The summed E-state index contributed by atoms with van der Waals surface area (Å²) in [5.74, 6) is 0.822. The molecule has 0 bridgehead atoms. The molecule has 98 valence electrons. The van der Waals surface area contributed by atoms with Crippen molar-refractivity contribution in [3.63, 3.8) is 0 Å². The van der Waals surface area contributed by atoms with Crippen molar-refractivity contribution in [2.45, 2.75) is 46.1 Å². The molecule has 0 spiro atoms. The SMILES string of the molecule is CNC(C#N)CN1CCCC(C(C)(C)C)CC1. The van der Waals surface area contributed by atoms with E-state index in [-0.39, 0.29) is 6.04 Å². The highest BCUT2D eigenvalue weighted by Gasteiger charge is 2.27. The van der Waals surface area contributed by atoms with E-state index in [2.05, 4.69) is 37.1 Å². The molecular weight excluding hydrogens is 210 g/mol. The molecule has 3 heteroatoms. The van der Waals surface area contributed by atoms with E-state index in [1.807, 2.05) is 7.05 Å². The lowest BCUT2D eigenvalue weighted by atomic mass is 9.77. The second-order valence-electron chi connectivity index (χ2n) is 6.26. The first-order chi connectivity index (χ1) is 7.97. The van der Waals surface area contributed by atoms with E-state index in [1.54, 1.807) is 0 Å². The minimum Gasteiger partial charge on any atom is -0.304 e. The summed E-state index contributed by atoms with van der Waals surface area (Å²) in [6, 6.07) is 2.28. The molecule has 17 heavy (non-hydrogen) atoms. The molecule has 0 aromatic carbocycles.